The molecular formula is C24H25Cl2N3O. The van der Waals surface area contributed by atoms with Gasteiger partial charge in [-0.05, 0) is 66.9 Å². The second kappa shape index (κ2) is 10.6. The Hall–Kier alpha value is -2.40. The number of hydrogen-bond acceptors (Lipinski definition) is 3. The predicted molar refractivity (Wildman–Crippen MR) is 125 cm³/mol. The monoisotopic (exact) mass is 441 g/mol. The SMILES string of the molecule is Cl.O=C(Nc1ccnc(Cl)c1)c1ccc(-c2ccccc2)c(CN2CCCCC2)c1. The molecule has 0 atom stereocenters. The predicted octanol–water partition coefficient (Wildman–Crippen LogP) is 6.06. The Labute approximate surface area is 188 Å². The molecule has 2 heterocycles. The van der Waals surface area contributed by atoms with Crippen LogP contribution in [0.15, 0.2) is 66.9 Å². The zero-order chi connectivity index (χ0) is 20.1. The summed E-state index contributed by atoms with van der Waals surface area (Å²) in [5.41, 5.74) is 4.81. The standard InChI is InChI=1S/C24H24ClN3O.ClH/c25-23-16-21(11-12-26-23)27-24(29)19-9-10-22(18-7-3-1-4-8-18)20(15-19)17-28-13-5-2-6-14-28;/h1,3-4,7-12,15-16H,2,5-6,13-14,17H2,(H,26,27,29);1H. The molecule has 1 N–H and O–H groups in total. The van der Waals surface area contributed by atoms with Crippen molar-refractivity contribution in [3.63, 3.8) is 0 Å². The number of likely N-dealkylation sites (tertiary alicyclic amines) is 1. The van der Waals surface area contributed by atoms with Gasteiger partial charge >= 0.3 is 0 Å². The average Bonchev–Trinajstić information content (AvgIpc) is 2.75. The Morgan fingerprint density at radius 1 is 1.00 bits per heavy atom. The first-order valence-electron chi connectivity index (χ1n) is 10.0. The Morgan fingerprint density at radius 2 is 1.77 bits per heavy atom. The molecule has 2 aromatic carbocycles. The van der Waals surface area contributed by atoms with Crippen LogP contribution < -0.4 is 5.32 Å². The fraction of sp³-hybridized carbons (Fsp3) is 0.250. The summed E-state index contributed by atoms with van der Waals surface area (Å²) in [5, 5.41) is 3.27. The van der Waals surface area contributed by atoms with Crippen LogP contribution in [0.5, 0.6) is 0 Å². The van der Waals surface area contributed by atoms with Crippen LogP contribution in [-0.4, -0.2) is 28.9 Å². The lowest BCUT2D eigenvalue weighted by molar-refractivity contribution is 0.102. The van der Waals surface area contributed by atoms with E-state index in [0.717, 1.165) is 19.6 Å². The molecule has 3 aromatic rings. The fourth-order valence-electron chi connectivity index (χ4n) is 3.81. The van der Waals surface area contributed by atoms with E-state index in [9.17, 15) is 4.79 Å². The number of nitrogens with zero attached hydrogens (tertiary/aromatic N) is 2. The zero-order valence-corrected chi connectivity index (χ0v) is 18.3. The molecule has 1 fully saturated rings. The summed E-state index contributed by atoms with van der Waals surface area (Å²) < 4.78 is 0. The number of amides is 1. The average molecular weight is 442 g/mol. The van der Waals surface area contributed by atoms with Gasteiger partial charge < -0.3 is 5.32 Å². The molecule has 30 heavy (non-hydrogen) atoms. The second-order valence-electron chi connectivity index (χ2n) is 7.40. The van der Waals surface area contributed by atoms with Crippen molar-refractivity contribution in [3.8, 4) is 11.1 Å². The van der Waals surface area contributed by atoms with E-state index in [4.69, 9.17) is 11.6 Å². The molecule has 1 aromatic heterocycles. The van der Waals surface area contributed by atoms with E-state index >= 15 is 0 Å². The number of benzene rings is 2. The highest BCUT2D eigenvalue weighted by Crippen LogP contribution is 2.27. The minimum Gasteiger partial charge on any atom is -0.322 e. The number of piperidine rings is 1. The smallest absolute Gasteiger partial charge is 0.255 e. The van der Waals surface area contributed by atoms with Crippen LogP contribution in [0.3, 0.4) is 0 Å². The minimum atomic E-state index is -0.147. The van der Waals surface area contributed by atoms with Crippen molar-refractivity contribution in [2.45, 2.75) is 25.8 Å². The van der Waals surface area contributed by atoms with Crippen LogP contribution in [0.25, 0.3) is 11.1 Å². The molecule has 6 heteroatoms. The lowest BCUT2D eigenvalue weighted by atomic mass is 9.96. The highest BCUT2D eigenvalue weighted by Gasteiger charge is 2.16. The zero-order valence-electron chi connectivity index (χ0n) is 16.7. The topological polar surface area (TPSA) is 45.2 Å². The summed E-state index contributed by atoms with van der Waals surface area (Å²) in [6.45, 7) is 3.08. The normalized spacial score (nSPS) is 14.0. The van der Waals surface area contributed by atoms with Gasteiger partial charge in [-0.15, -0.1) is 12.4 Å². The summed E-state index contributed by atoms with van der Waals surface area (Å²) in [6.07, 6.45) is 5.37. The summed E-state index contributed by atoms with van der Waals surface area (Å²) in [6, 6.07) is 19.7. The van der Waals surface area contributed by atoms with E-state index in [1.165, 1.54) is 36.0 Å². The molecule has 0 aliphatic carbocycles. The molecule has 4 nitrogen and oxygen atoms in total. The van der Waals surface area contributed by atoms with Gasteiger partial charge in [0.05, 0.1) is 0 Å². The maximum Gasteiger partial charge on any atom is 0.255 e. The molecule has 0 saturated carbocycles. The van der Waals surface area contributed by atoms with Crippen molar-refractivity contribution in [1.82, 2.24) is 9.88 Å². The third kappa shape index (κ3) is 5.60. The van der Waals surface area contributed by atoms with Crippen molar-refractivity contribution in [1.29, 1.82) is 0 Å². The van der Waals surface area contributed by atoms with E-state index in [0.29, 0.717) is 16.4 Å². The molecule has 1 aliphatic rings. The van der Waals surface area contributed by atoms with Crippen LogP contribution in [0.2, 0.25) is 5.15 Å². The van der Waals surface area contributed by atoms with E-state index in [1.54, 1.807) is 18.3 Å². The molecule has 0 radical (unpaired) electrons. The van der Waals surface area contributed by atoms with Crippen LogP contribution in [0.1, 0.15) is 35.2 Å². The quantitative estimate of drug-likeness (QED) is 0.489. The third-order valence-electron chi connectivity index (χ3n) is 5.28. The molecule has 1 saturated heterocycles. The number of halogens is 2. The number of aromatic nitrogens is 1. The second-order valence-corrected chi connectivity index (χ2v) is 7.78. The Morgan fingerprint density at radius 3 is 2.50 bits per heavy atom. The Kier molecular flexibility index (Phi) is 7.86. The van der Waals surface area contributed by atoms with Gasteiger partial charge in [-0.1, -0.05) is 54.4 Å². The Balaban J connectivity index is 0.00000256. The van der Waals surface area contributed by atoms with Crippen molar-refractivity contribution in [2.75, 3.05) is 18.4 Å². The third-order valence-corrected chi connectivity index (χ3v) is 5.49. The maximum atomic E-state index is 12.8. The highest BCUT2D eigenvalue weighted by molar-refractivity contribution is 6.29. The van der Waals surface area contributed by atoms with Gasteiger partial charge in [0, 0.05) is 24.0 Å². The van der Waals surface area contributed by atoms with Gasteiger partial charge in [-0.2, -0.15) is 0 Å². The van der Waals surface area contributed by atoms with Crippen molar-refractivity contribution in [3.05, 3.63) is 83.1 Å². The minimum absolute atomic E-state index is 0. The summed E-state index contributed by atoms with van der Waals surface area (Å²) in [5.74, 6) is -0.147. The summed E-state index contributed by atoms with van der Waals surface area (Å²) in [4.78, 5) is 19.3. The van der Waals surface area contributed by atoms with E-state index in [1.807, 2.05) is 30.3 Å². The Bertz CT molecular complexity index is 989. The molecule has 0 unspecified atom stereocenters. The van der Waals surface area contributed by atoms with Crippen molar-refractivity contribution in [2.24, 2.45) is 0 Å². The van der Waals surface area contributed by atoms with Crippen molar-refractivity contribution >= 4 is 35.6 Å². The van der Waals surface area contributed by atoms with Gasteiger partial charge in [0.2, 0.25) is 0 Å². The van der Waals surface area contributed by atoms with Crippen LogP contribution >= 0.6 is 24.0 Å². The first-order chi connectivity index (χ1) is 14.2. The van der Waals surface area contributed by atoms with Crippen molar-refractivity contribution < 1.29 is 4.79 Å². The first-order valence-corrected chi connectivity index (χ1v) is 10.4. The fourth-order valence-corrected chi connectivity index (χ4v) is 3.98. The van der Waals surface area contributed by atoms with E-state index in [2.05, 4.69) is 33.4 Å². The first kappa shape index (κ1) is 22.3. The highest BCUT2D eigenvalue weighted by atomic mass is 35.5. The molecular weight excluding hydrogens is 417 g/mol. The van der Waals surface area contributed by atoms with Gasteiger partial charge in [0.1, 0.15) is 5.15 Å². The molecule has 0 spiro atoms. The molecule has 1 aliphatic heterocycles. The number of rotatable bonds is 5. The van der Waals surface area contributed by atoms with Crippen LogP contribution in [-0.2, 0) is 6.54 Å². The summed E-state index contributed by atoms with van der Waals surface area (Å²) >= 11 is 5.93. The molecule has 0 bridgehead atoms. The van der Waals surface area contributed by atoms with Gasteiger partial charge in [-0.25, -0.2) is 4.98 Å². The molecule has 156 valence electrons. The van der Waals surface area contributed by atoms with Gasteiger partial charge in [0.25, 0.3) is 5.91 Å². The van der Waals surface area contributed by atoms with Crippen LogP contribution in [0.4, 0.5) is 5.69 Å². The number of hydrogen-bond donors (Lipinski definition) is 1. The lowest BCUT2D eigenvalue weighted by Crippen LogP contribution is -2.29. The number of nitrogens with one attached hydrogen (secondary N) is 1. The maximum absolute atomic E-state index is 12.8. The van der Waals surface area contributed by atoms with E-state index < -0.39 is 0 Å². The largest absolute Gasteiger partial charge is 0.322 e. The number of anilines is 1. The van der Waals surface area contributed by atoms with Gasteiger partial charge in [0.15, 0.2) is 0 Å². The summed E-state index contributed by atoms with van der Waals surface area (Å²) in [7, 11) is 0. The number of carbonyl (C=O) groups excluding carboxylic acids is 1. The van der Waals surface area contributed by atoms with E-state index in [-0.39, 0.29) is 18.3 Å². The van der Waals surface area contributed by atoms with Crippen LogP contribution in [0, 0.1) is 0 Å². The number of carbonyl (C=O) groups is 1. The number of pyridine rings is 1. The lowest BCUT2D eigenvalue weighted by Gasteiger charge is -2.27. The molecule has 4 rings (SSSR count). The molecule has 1 amide bonds. The van der Waals surface area contributed by atoms with Gasteiger partial charge in [-0.3, -0.25) is 9.69 Å².